The Hall–Kier alpha value is -3.15. The van der Waals surface area contributed by atoms with Gasteiger partial charge in [-0.3, -0.25) is 4.79 Å². The maximum absolute atomic E-state index is 11.9. The molecule has 6 nitrogen and oxygen atoms in total. The molecule has 0 aliphatic heterocycles. The lowest BCUT2D eigenvalue weighted by molar-refractivity contribution is -0.145. The molecule has 0 aliphatic carbocycles. The highest BCUT2D eigenvalue weighted by Gasteiger charge is 2.09. The van der Waals surface area contributed by atoms with Crippen molar-refractivity contribution in [1.29, 1.82) is 0 Å². The monoisotopic (exact) mass is 350 g/mol. The van der Waals surface area contributed by atoms with E-state index in [2.05, 4.69) is 46.4 Å². The Balaban J connectivity index is 1.51. The van der Waals surface area contributed by atoms with Crippen LogP contribution in [0, 0.1) is 6.92 Å². The quantitative estimate of drug-likeness (QED) is 0.613. The van der Waals surface area contributed by atoms with E-state index < -0.39 is 0 Å². The number of aryl methyl sites for hydroxylation is 1. The Bertz CT molecular complexity index is 844. The van der Waals surface area contributed by atoms with Crippen LogP contribution in [0.5, 0.6) is 0 Å². The van der Waals surface area contributed by atoms with Gasteiger partial charge in [-0.1, -0.05) is 53.2 Å². The molecule has 0 saturated carbocycles. The summed E-state index contributed by atoms with van der Waals surface area (Å²) >= 11 is 0. The van der Waals surface area contributed by atoms with Gasteiger partial charge in [-0.2, -0.15) is 0 Å². The maximum atomic E-state index is 11.9. The minimum Gasteiger partial charge on any atom is -0.459 e. The van der Waals surface area contributed by atoms with Gasteiger partial charge >= 0.3 is 5.97 Å². The van der Waals surface area contributed by atoms with Crippen molar-refractivity contribution in [2.45, 2.75) is 26.6 Å². The van der Waals surface area contributed by atoms with Crippen molar-refractivity contribution in [3.63, 3.8) is 0 Å². The first-order valence-electron chi connectivity index (χ1n) is 8.46. The van der Waals surface area contributed by atoms with E-state index in [0.29, 0.717) is 6.54 Å². The second-order valence-corrected chi connectivity index (χ2v) is 6.25. The van der Waals surface area contributed by atoms with E-state index in [0.717, 1.165) is 16.9 Å². The Morgan fingerprint density at radius 2 is 1.85 bits per heavy atom. The van der Waals surface area contributed by atoms with E-state index in [4.69, 9.17) is 4.74 Å². The average Bonchev–Trinajstić information content (AvgIpc) is 3.08. The predicted octanol–water partition coefficient (Wildman–Crippen LogP) is 2.97. The maximum Gasteiger partial charge on any atom is 0.328 e. The summed E-state index contributed by atoms with van der Waals surface area (Å²) in [4.78, 5) is 14.0. The number of carbonyl (C=O) groups is 1. The Morgan fingerprint density at radius 3 is 2.58 bits per heavy atom. The Kier molecular flexibility index (Phi) is 5.63. The fraction of sp³-hybridized carbons (Fsp3) is 0.250. The van der Waals surface area contributed by atoms with Gasteiger partial charge in [0.05, 0.1) is 12.7 Å². The zero-order valence-corrected chi connectivity index (χ0v) is 15.0. The van der Waals surface area contributed by atoms with E-state index in [-0.39, 0.29) is 19.1 Å². The van der Waals surface area contributed by atoms with Crippen LogP contribution in [0.15, 0.2) is 60.8 Å². The summed E-state index contributed by atoms with van der Waals surface area (Å²) in [5.74, 6) is -0.336. The van der Waals surface area contributed by atoms with Gasteiger partial charge in [0.25, 0.3) is 0 Å². The first-order chi connectivity index (χ1) is 12.6. The number of esters is 1. The van der Waals surface area contributed by atoms with Crippen LogP contribution in [0.1, 0.15) is 16.8 Å². The second kappa shape index (κ2) is 8.29. The van der Waals surface area contributed by atoms with Crippen LogP contribution in [0.3, 0.4) is 0 Å². The lowest BCUT2D eigenvalue weighted by Gasteiger charge is -2.17. The second-order valence-electron chi connectivity index (χ2n) is 6.25. The van der Waals surface area contributed by atoms with Crippen LogP contribution in [0.2, 0.25) is 0 Å². The standard InChI is InChI=1S/C20H22N4O2/c1-16-8-10-19(11-9-16)23(2)12-18-13-24(22-21-18)14-20(25)26-15-17-6-4-3-5-7-17/h3-11,13H,12,14-15H2,1-2H3. The van der Waals surface area contributed by atoms with Gasteiger partial charge in [-0.25, -0.2) is 4.68 Å². The number of carbonyl (C=O) groups excluding carboxylic acids is 1. The van der Waals surface area contributed by atoms with Crippen LogP contribution in [0.25, 0.3) is 0 Å². The summed E-state index contributed by atoms with van der Waals surface area (Å²) in [6.07, 6.45) is 1.77. The summed E-state index contributed by atoms with van der Waals surface area (Å²) in [5, 5.41) is 8.15. The molecule has 26 heavy (non-hydrogen) atoms. The molecule has 134 valence electrons. The molecule has 3 rings (SSSR count). The van der Waals surface area contributed by atoms with Crippen molar-refractivity contribution in [1.82, 2.24) is 15.0 Å². The van der Waals surface area contributed by atoms with Crippen molar-refractivity contribution < 1.29 is 9.53 Å². The summed E-state index contributed by atoms with van der Waals surface area (Å²) < 4.78 is 6.77. The van der Waals surface area contributed by atoms with Crippen molar-refractivity contribution in [3.8, 4) is 0 Å². The predicted molar refractivity (Wildman–Crippen MR) is 99.5 cm³/mol. The third-order valence-corrected chi connectivity index (χ3v) is 3.99. The Morgan fingerprint density at radius 1 is 1.12 bits per heavy atom. The molecule has 0 fully saturated rings. The summed E-state index contributed by atoms with van der Waals surface area (Å²) in [6.45, 7) is 2.99. The first kappa shape index (κ1) is 17.7. The van der Waals surface area contributed by atoms with E-state index >= 15 is 0 Å². The number of aromatic nitrogens is 3. The van der Waals surface area contributed by atoms with Crippen molar-refractivity contribution in [2.75, 3.05) is 11.9 Å². The van der Waals surface area contributed by atoms with Crippen LogP contribution in [-0.2, 0) is 29.2 Å². The lowest BCUT2D eigenvalue weighted by atomic mass is 10.2. The van der Waals surface area contributed by atoms with E-state index in [1.807, 2.05) is 37.4 Å². The molecule has 6 heteroatoms. The molecule has 2 aromatic carbocycles. The molecule has 0 amide bonds. The number of rotatable bonds is 7. The van der Waals surface area contributed by atoms with Gasteiger partial charge in [0.15, 0.2) is 0 Å². The molecule has 3 aromatic rings. The molecular weight excluding hydrogens is 328 g/mol. The fourth-order valence-electron chi connectivity index (χ4n) is 2.54. The van der Waals surface area contributed by atoms with E-state index in [1.165, 1.54) is 10.2 Å². The smallest absolute Gasteiger partial charge is 0.328 e. The molecule has 1 aromatic heterocycles. The minimum absolute atomic E-state index is 0.0497. The highest BCUT2D eigenvalue weighted by molar-refractivity contribution is 5.69. The van der Waals surface area contributed by atoms with Gasteiger partial charge in [-0.15, -0.1) is 5.10 Å². The van der Waals surface area contributed by atoms with Crippen LogP contribution < -0.4 is 4.90 Å². The molecule has 0 saturated heterocycles. The number of anilines is 1. The van der Waals surface area contributed by atoms with Crippen LogP contribution in [0.4, 0.5) is 5.69 Å². The third kappa shape index (κ3) is 4.92. The number of hydrogen-bond acceptors (Lipinski definition) is 5. The van der Waals surface area contributed by atoms with Crippen LogP contribution in [-0.4, -0.2) is 28.0 Å². The van der Waals surface area contributed by atoms with E-state index in [1.54, 1.807) is 6.20 Å². The fourth-order valence-corrected chi connectivity index (χ4v) is 2.54. The molecule has 0 atom stereocenters. The number of nitrogens with zero attached hydrogens (tertiary/aromatic N) is 4. The SMILES string of the molecule is Cc1ccc(N(C)Cc2cn(CC(=O)OCc3ccccc3)nn2)cc1. The molecule has 0 bridgehead atoms. The number of hydrogen-bond donors (Lipinski definition) is 0. The van der Waals surface area contributed by atoms with Gasteiger partial charge < -0.3 is 9.64 Å². The normalized spacial score (nSPS) is 10.5. The van der Waals surface area contributed by atoms with Crippen molar-refractivity contribution in [2.24, 2.45) is 0 Å². The molecule has 0 unspecified atom stereocenters. The first-order valence-corrected chi connectivity index (χ1v) is 8.46. The average molecular weight is 350 g/mol. The molecule has 1 heterocycles. The van der Waals surface area contributed by atoms with E-state index in [9.17, 15) is 4.79 Å². The molecular formula is C20H22N4O2. The topological polar surface area (TPSA) is 60.2 Å². The minimum atomic E-state index is -0.336. The molecule has 0 aliphatic rings. The van der Waals surface area contributed by atoms with Gasteiger partial charge in [0, 0.05) is 12.7 Å². The van der Waals surface area contributed by atoms with Crippen molar-refractivity contribution in [3.05, 3.63) is 77.6 Å². The Labute approximate surface area is 153 Å². The highest BCUT2D eigenvalue weighted by Crippen LogP contribution is 2.15. The highest BCUT2D eigenvalue weighted by atomic mass is 16.5. The van der Waals surface area contributed by atoms with Gasteiger partial charge in [0.1, 0.15) is 18.8 Å². The zero-order valence-electron chi connectivity index (χ0n) is 15.0. The largest absolute Gasteiger partial charge is 0.459 e. The van der Waals surface area contributed by atoms with Crippen LogP contribution >= 0.6 is 0 Å². The molecule has 0 radical (unpaired) electrons. The van der Waals surface area contributed by atoms with Crippen molar-refractivity contribution >= 4 is 11.7 Å². The van der Waals surface area contributed by atoms with Gasteiger partial charge in [-0.05, 0) is 24.6 Å². The molecule has 0 N–H and O–H groups in total. The number of benzene rings is 2. The summed E-state index contributed by atoms with van der Waals surface area (Å²) in [6, 6.07) is 17.9. The zero-order chi connectivity index (χ0) is 18.4. The number of ether oxygens (including phenoxy) is 1. The lowest BCUT2D eigenvalue weighted by Crippen LogP contribution is -2.16. The molecule has 0 spiro atoms. The summed E-state index contributed by atoms with van der Waals surface area (Å²) in [7, 11) is 2.00. The third-order valence-electron chi connectivity index (χ3n) is 3.99. The summed E-state index contributed by atoms with van der Waals surface area (Å²) in [5.41, 5.74) is 4.08. The van der Waals surface area contributed by atoms with Gasteiger partial charge in [0.2, 0.25) is 0 Å².